The molecule has 4 nitrogen and oxygen atoms in total. The highest BCUT2D eigenvalue weighted by atomic mass is 32.2. The smallest absolute Gasteiger partial charge is 0.258 e. The standard InChI is InChI=1S/C19H17N3OS2/c1-2-24-19-22-21-18(25-19)20-17(23)16(15-11-7-4-8-12-15)13-14-9-5-3-6-10-14/h3-13H,2H2,1H3,(H,20,21,23)/b16-13+. The molecule has 0 unspecified atom stereocenters. The van der Waals surface area contributed by atoms with Crippen LogP contribution in [-0.2, 0) is 4.79 Å². The maximum absolute atomic E-state index is 12.8. The van der Waals surface area contributed by atoms with E-state index in [9.17, 15) is 4.79 Å². The van der Waals surface area contributed by atoms with Gasteiger partial charge in [0.05, 0.1) is 0 Å². The van der Waals surface area contributed by atoms with Crippen LogP contribution in [0.25, 0.3) is 11.6 Å². The second-order valence-corrected chi connectivity index (χ2v) is 7.58. The lowest BCUT2D eigenvalue weighted by Crippen LogP contribution is -2.13. The number of aromatic nitrogens is 2. The van der Waals surface area contributed by atoms with E-state index >= 15 is 0 Å². The van der Waals surface area contributed by atoms with Crippen LogP contribution in [0.2, 0.25) is 0 Å². The number of carbonyl (C=O) groups is 1. The van der Waals surface area contributed by atoms with Crippen LogP contribution in [0.4, 0.5) is 5.13 Å². The highest BCUT2D eigenvalue weighted by Gasteiger charge is 2.15. The summed E-state index contributed by atoms with van der Waals surface area (Å²) in [4.78, 5) is 12.8. The molecule has 0 atom stereocenters. The fraction of sp³-hybridized carbons (Fsp3) is 0.105. The molecular weight excluding hydrogens is 350 g/mol. The van der Waals surface area contributed by atoms with Crippen LogP contribution in [0, 0.1) is 0 Å². The second-order valence-electron chi connectivity index (χ2n) is 5.09. The molecule has 1 aromatic heterocycles. The van der Waals surface area contributed by atoms with Crippen molar-refractivity contribution in [2.75, 3.05) is 11.1 Å². The number of hydrogen-bond acceptors (Lipinski definition) is 5. The quantitative estimate of drug-likeness (QED) is 0.293. The van der Waals surface area contributed by atoms with E-state index in [-0.39, 0.29) is 5.91 Å². The monoisotopic (exact) mass is 367 g/mol. The van der Waals surface area contributed by atoms with Gasteiger partial charge in [-0.1, -0.05) is 90.7 Å². The van der Waals surface area contributed by atoms with E-state index in [1.807, 2.05) is 66.7 Å². The summed E-state index contributed by atoms with van der Waals surface area (Å²) in [5, 5.41) is 11.5. The van der Waals surface area contributed by atoms with Gasteiger partial charge in [-0.15, -0.1) is 10.2 Å². The SMILES string of the molecule is CCSc1nnc(NC(=O)/C(=C/c2ccccc2)c2ccccc2)s1. The first-order valence-corrected chi connectivity index (χ1v) is 9.66. The third kappa shape index (κ3) is 4.78. The highest BCUT2D eigenvalue weighted by Crippen LogP contribution is 2.26. The average molecular weight is 367 g/mol. The van der Waals surface area contributed by atoms with Gasteiger partial charge in [0.25, 0.3) is 5.91 Å². The Balaban J connectivity index is 1.88. The molecule has 126 valence electrons. The molecule has 0 aliphatic carbocycles. The van der Waals surface area contributed by atoms with E-state index in [0.29, 0.717) is 10.7 Å². The Labute approximate surface area is 155 Å². The van der Waals surface area contributed by atoms with E-state index in [4.69, 9.17) is 0 Å². The minimum absolute atomic E-state index is 0.195. The first kappa shape index (κ1) is 17.4. The molecule has 0 fully saturated rings. The Kier molecular flexibility index (Phi) is 5.98. The summed E-state index contributed by atoms with van der Waals surface area (Å²) < 4.78 is 0.853. The van der Waals surface area contributed by atoms with Crippen LogP contribution < -0.4 is 5.32 Å². The molecule has 0 bridgehead atoms. The molecule has 0 aliphatic rings. The number of nitrogens with one attached hydrogen (secondary N) is 1. The zero-order chi connectivity index (χ0) is 17.5. The van der Waals surface area contributed by atoms with Gasteiger partial charge >= 0.3 is 0 Å². The van der Waals surface area contributed by atoms with Crippen molar-refractivity contribution in [2.24, 2.45) is 0 Å². The number of nitrogens with zero attached hydrogens (tertiary/aromatic N) is 2. The summed E-state index contributed by atoms with van der Waals surface area (Å²) in [7, 11) is 0. The largest absolute Gasteiger partial charge is 0.296 e. The molecule has 0 aliphatic heterocycles. The number of hydrogen-bond donors (Lipinski definition) is 1. The Morgan fingerprint density at radius 2 is 1.76 bits per heavy atom. The van der Waals surface area contributed by atoms with Crippen LogP contribution in [0.15, 0.2) is 65.0 Å². The van der Waals surface area contributed by atoms with Gasteiger partial charge in [-0.25, -0.2) is 0 Å². The summed E-state index contributed by atoms with van der Waals surface area (Å²) in [5.41, 5.74) is 2.42. The number of amides is 1. The molecule has 1 N–H and O–H groups in total. The molecule has 1 heterocycles. The van der Waals surface area contributed by atoms with E-state index < -0.39 is 0 Å². The van der Waals surface area contributed by atoms with Crippen LogP contribution in [0.3, 0.4) is 0 Å². The van der Waals surface area contributed by atoms with E-state index in [1.165, 1.54) is 11.3 Å². The van der Waals surface area contributed by atoms with Gasteiger partial charge in [0, 0.05) is 5.57 Å². The summed E-state index contributed by atoms with van der Waals surface area (Å²) in [5.74, 6) is 0.727. The molecule has 0 saturated heterocycles. The number of thioether (sulfide) groups is 1. The number of benzene rings is 2. The topological polar surface area (TPSA) is 54.9 Å². The Morgan fingerprint density at radius 1 is 1.08 bits per heavy atom. The Bertz CT molecular complexity index is 861. The van der Waals surface area contributed by atoms with Gasteiger partial charge < -0.3 is 0 Å². The van der Waals surface area contributed by atoms with Gasteiger partial charge in [-0.2, -0.15) is 0 Å². The average Bonchev–Trinajstić information content (AvgIpc) is 3.08. The van der Waals surface area contributed by atoms with Crippen molar-refractivity contribution in [1.82, 2.24) is 10.2 Å². The second kappa shape index (κ2) is 8.60. The molecule has 0 saturated carbocycles. The lowest BCUT2D eigenvalue weighted by atomic mass is 10.0. The first-order valence-electron chi connectivity index (χ1n) is 7.86. The predicted octanol–water partition coefficient (Wildman–Crippen LogP) is 4.83. The minimum atomic E-state index is -0.195. The molecular formula is C19H17N3OS2. The van der Waals surface area contributed by atoms with Crippen LogP contribution >= 0.6 is 23.1 Å². The molecule has 3 rings (SSSR count). The summed E-state index contributed by atoms with van der Waals surface area (Å²) >= 11 is 3.00. The van der Waals surface area contributed by atoms with E-state index in [0.717, 1.165) is 21.2 Å². The highest BCUT2D eigenvalue weighted by molar-refractivity contribution is 8.01. The third-order valence-electron chi connectivity index (χ3n) is 3.33. The summed E-state index contributed by atoms with van der Waals surface area (Å²) in [6, 6.07) is 19.4. The van der Waals surface area contributed by atoms with Crippen LogP contribution in [0.5, 0.6) is 0 Å². The minimum Gasteiger partial charge on any atom is -0.296 e. The fourth-order valence-electron chi connectivity index (χ4n) is 2.22. The number of carbonyl (C=O) groups excluding carboxylic acids is 1. The molecule has 6 heteroatoms. The van der Waals surface area contributed by atoms with Crippen molar-refractivity contribution < 1.29 is 4.79 Å². The van der Waals surface area contributed by atoms with E-state index in [2.05, 4.69) is 22.4 Å². The number of rotatable bonds is 6. The molecule has 25 heavy (non-hydrogen) atoms. The molecule has 0 radical (unpaired) electrons. The van der Waals surface area contributed by atoms with Gasteiger partial charge in [0.2, 0.25) is 5.13 Å². The molecule has 3 aromatic rings. The first-order chi connectivity index (χ1) is 12.3. The van der Waals surface area contributed by atoms with Crippen LogP contribution in [0.1, 0.15) is 18.1 Å². The van der Waals surface area contributed by atoms with Crippen molar-refractivity contribution >= 4 is 45.8 Å². The maximum Gasteiger partial charge on any atom is 0.258 e. The maximum atomic E-state index is 12.8. The van der Waals surface area contributed by atoms with Crippen molar-refractivity contribution in [1.29, 1.82) is 0 Å². The van der Waals surface area contributed by atoms with Crippen molar-refractivity contribution in [3.05, 3.63) is 71.8 Å². The lowest BCUT2D eigenvalue weighted by molar-refractivity contribution is -0.111. The Hall–Kier alpha value is -2.44. The zero-order valence-electron chi connectivity index (χ0n) is 13.7. The number of anilines is 1. The lowest BCUT2D eigenvalue weighted by Gasteiger charge is -2.07. The van der Waals surface area contributed by atoms with E-state index in [1.54, 1.807) is 11.8 Å². The predicted molar refractivity (Wildman–Crippen MR) is 106 cm³/mol. The Morgan fingerprint density at radius 3 is 2.44 bits per heavy atom. The zero-order valence-corrected chi connectivity index (χ0v) is 15.3. The normalized spacial score (nSPS) is 11.3. The third-order valence-corrected chi connectivity index (χ3v) is 5.19. The van der Waals surface area contributed by atoms with Crippen molar-refractivity contribution in [3.8, 4) is 0 Å². The van der Waals surface area contributed by atoms with Gasteiger partial charge in [-0.05, 0) is 23.0 Å². The fourth-order valence-corrected chi connectivity index (χ4v) is 3.86. The molecule has 2 aromatic carbocycles. The van der Waals surface area contributed by atoms with Gasteiger partial charge in [-0.3, -0.25) is 10.1 Å². The molecule has 0 spiro atoms. The van der Waals surface area contributed by atoms with Crippen molar-refractivity contribution in [2.45, 2.75) is 11.3 Å². The van der Waals surface area contributed by atoms with Crippen molar-refractivity contribution in [3.63, 3.8) is 0 Å². The molecule has 1 amide bonds. The summed E-state index contributed by atoms with van der Waals surface area (Å²) in [6.07, 6.45) is 1.88. The van der Waals surface area contributed by atoms with Gasteiger partial charge in [0.1, 0.15) is 0 Å². The van der Waals surface area contributed by atoms with Gasteiger partial charge in [0.15, 0.2) is 4.34 Å². The van der Waals surface area contributed by atoms with Crippen LogP contribution in [-0.4, -0.2) is 21.9 Å². The summed E-state index contributed by atoms with van der Waals surface area (Å²) in [6.45, 7) is 2.06.